The van der Waals surface area contributed by atoms with Gasteiger partial charge in [-0.2, -0.15) is 0 Å². The largest absolute Gasteiger partial charge is 0.504 e. The third-order valence-electron chi connectivity index (χ3n) is 7.27. The summed E-state index contributed by atoms with van der Waals surface area (Å²) in [5.74, 6) is 3.69. The number of hydrogen-bond donors (Lipinski definition) is 1. The van der Waals surface area contributed by atoms with Crippen molar-refractivity contribution in [1.29, 1.82) is 0 Å². The second-order valence-electron chi connectivity index (χ2n) is 11.3. The average Bonchev–Trinajstić information content (AvgIpc) is 3.45. The number of hydrogen-bond acceptors (Lipinski definition) is 5. The van der Waals surface area contributed by atoms with Crippen molar-refractivity contribution in [2.75, 3.05) is 0 Å². The summed E-state index contributed by atoms with van der Waals surface area (Å²) in [7, 11) is 0. The molecule has 2 heterocycles. The summed E-state index contributed by atoms with van der Waals surface area (Å²) in [6.45, 7) is 13.2. The Labute approximate surface area is 242 Å². The Morgan fingerprint density at radius 3 is 2.07 bits per heavy atom. The molecule has 0 aliphatic carbocycles. The molecule has 0 saturated carbocycles. The standard InChI is InChI=1S/C35H37N3O3/c1-23(2)27-14-10-15-28(24(3)4)33(27)38-21-20-36-34(38)35(5,6)31-18-11-19-32(37-31)41-26-13-9-12-25(22-26)40-30-17-8-7-16-29(30)39/h7-24,39H,1-6H3. The van der Waals surface area contributed by atoms with E-state index in [1.807, 2.05) is 48.7 Å². The monoisotopic (exact) mass is 547 g/mol. The molecule has 3 aromatic carbocycles. The van der Waals surface area contributed by atoms with E-state index in [2.05, 4.69) is 70.5 Å². The van der Waals surface area contributed by atoms with Gasteiger partial charge in [0.05, 0.1) is 16.8 Å². The molecule has 0 unspecified atom stereocenters. The van der Waals surface area contributed by atoms with Crippen LogP contribution in [0, 0.1) is 0 Å². The average molecular weight is 548 g/mol. The zero-order valence-electron chi connectivity index (χ0n) is 24.5. The Morgan fingerprint density at radius 2 is 1.39 bits per heavy atom. The zero-order chi connectivity index (χ0) is 29.1. The number of aromatic hydroxyl groups is 1. The summed E-state index contributed by atoms with van der Waals surface area (Å²) >= 11 is 0. The quantitative estimate of drug-likeness (QED) is 0.199. The van der Waals surface area contributed by atoms with Crippen molar-refractivity contribution in [3.8, 4) is 34.6 Å². The lowest BCUT2D eigenvalue weighted by Crippen LogP contribution is -2.26. The summed E-state index contributed by atoms with van der Waals surface area (Å²) in [5.41, 5.74) is 4.12. The summed E-state index contributed by atoms with van der Waals surface area (Å²) in [5, 5.41) is 10.1. The van der Waals surface area contributed by atoms with Crippen molar-refractivity contribution in [1.82, 2.24) is 14.5 Å². The number of phenolic OH excluding ortho intramolecular Hbond substituents is 1. The minimum absolute atomic E-state index is 0.0744. The fourth-order valence-electron chi connectivity index (χ4n) is 5.06. The van der Waals surface area contributed by atoms with Crippen LogP contribution in [0.3, 0.4) is 0 Å². The molecule has 0 atom stereocenters. The van der Waals surface area contributed by atoms with Crippen molar-refractivity contribution in [3.05, 3.63) is 120 Å². The van der Waals surface area contributed by atoms with Crippen LogP contribution in [-0.2, 0) is 5.41 Å². The fraction of sp³-hybridized carbons (Fsp3) is 0.257. The van der Waals surface area contributed by atoms with Gasteiger partial charge in [0.2, 0.25) is 5.88 Å². The highest BCUT2D eigenvalue weighted by Crippen LogP contribution is 2.37. The lowest BCUT2D eigenvalue weighted by Gasteiger charge is -2.28. The van der Waals surface area contributed by atoms with E-state index in [1.165, 1.54) is 16.8 Å². The molecule has 2 aromatic heterocycles. The number of para-hydroxylation sites is 3. The number of aromatic nitrogens is 3. The normalized spacial score (nSPS) is 11.7. The number of benzene rings is 3. The van der Waals surface area contributed by atoms with Gasteiger partial charge >= 0.3 is 0 Å². The number of phenols is 1. The second kappa shape index (κ2) is 11.5. The molecular formula is C35H37N3O3. The predicted octanol–water partition coefficient (Wildman–Crippen LogP) is 9.13. The molecule has 0 fully saturated rings. The van der Waals surface area contributed by atoms with Gasteiger partial charge in [-0.1, -0.05) is 70.2 Å². The molecular weight excluding hydrogens is 510 g/mol. The number of nitrogens with zero attached hydrogens (tertiary/aromatic N) is 3. The molecule has 1 N–H and O–H groups in total. The molecule has 0 radical (unpaired) electrons. The van der Waals surface area contributed by atoms with Crippen LogP contribution in [0.5, 0.6) is 28.9 Å². The van der Waals surface area contributed by atoms with Gasteiger partial charge in [0.1, 0.15) is 17.3 Å². The first-order valence-corrected chi connectivity index (χ1v) is 14.0. The fourth-order valence-corrected chi connectivity index (χ4v) is 5.06. The highest BCUT2D eigenvalue weighted by atomic mass is 16.5. The van der Waals surface area contributed by atoms with Gasteiger partial charge < -0.3 is 19.1 Å². The van der Waals surface area contributed by atoms with Gasteiger partial charge in [-0.3, -0.25) is 0 Å². The van der Waals surface area contributed by atoms with Gasteiger partial charge in [-0.05, 0) is 67.1 Å². The Morgan fingerprint density at radius 1 is 0.756 bits per heavy atom. The second-order valence-corrected chi connectivity index (χ2v) is 11.3. The van der Waals surface area contributed by atoms with E-state index in [9.17, 15) is 5.11 Å². The van der Waals surface area contributed by atoms with Crippen LogP contribution >= 0.6 is 0 Å². The lowest BCUT2D eigenvalue weighted by molar-refractivity contribution is 0.407. The molecule has 5 aromatic rings. The molecule has 0 bridgehead atoms. The molecule has 0 aliphatic heterocycles. The van der Waals surface area contributed by atoms with E-state index in [1.54, 1.807) is 24.3 Å². The topological polar surface area (TPSA) is 69.4 Å². The van der Waals surface area contributed by atoms with Crippen molar-refractivity contribution in [2.24, 2.45) is 0 Å². The van der Waals surface area contributed by atoms with E-state index < -0.39 is 5.41 Å². The molecule has 6 heteroatoms. The SMILES string of the molecule is CC(C)c1cccc(C(C)C)c1-n1ccnc1C(C)(C)c1cccc(Oc2cccc(Oc3ccccc3O)c2)n1. The Hall–Kier alpha value is -4.58. The first-order chi connectivity index (χ1) is 19.6. The number of pyridine rings is 1. The molecule has 0 saturated heterocycles. The summed E-state index contributed by atoms with van der Waals surface area (Å²) < 4.78 is 14.3. The molecule has 210 valence electrons. The van der Waals surface area contributed by atoms with Crippen molar-refractivity contribution < 1.29 is 14.6 Å². The molecule has 0 aliphatic rings. The molecule has 0 spiro atoms. The maximum atomic E-state index is 10.1. The third-order valence-corrected chi connectivity index (χ3v) is 7.27. The van der Waals surface area contributed by atoms with Crippen LogP contribution in [0.4, 0.5) is 0 Å². The van der Waals surface area contributed by atoms with Crippen LogP contribution in [-0.4, -0.2) is 19.6 Å². The van der Waals surface area contributed by atoms with Crippen LogP contribution in [0.25, 0.3) is 5.69 Å². The highest BCUT2D eigenvalue weighted by Gasteiger charge is 2.32. The minimum atomic E-state index is -0.517. The third kappa shape index (κ3) is 5.82. The van der Waals surface area contributed by atoms with Gasteiger partial charge in [-0.15, -0.1) is 0 Å². The highest BCUT2D eigenvalue weighted by molar-refractivity contribution is 5.53. The summed E-state index contributed by atoms with van der Waals surface area (Å²) in [6.07, 6.45) is 3.93. The molecule has 0 amide bonds. The lowest BCUT2D eigenvalue weighted by atomic mass is 9.86. The first kappa shape index (κ1) is 28.0. The van der Waals surface area contributed by atoms with Gasteiger partial charge in [0, 0.05) is 24.5 Å². The van der Waals surface area contributed by atoms with Crippen LogP contribution < -0.4 is 9.47 Å². The van der Waals surface area contributed by atoms with Crippen molar-refractivity contribution in [2.45, 2.75) is 58.8 Å². The molecule has 41 heavy (non-hydrogen) atoms. The van der Waals surface area contributed by atoms with E-state index in [0.717, 1.165) is 11.5 Å². The van der Waals surface area contributed by atoms with E-state index in [4.69, 9.17) is 19.4 Å². The Kier molecular flexibility index (Phi) is 7.84. The summed E-state index contributed by atoms with van der Waals surface area (Å²) in [6, 6.07) is 26.5. The maximum Gasteiger partial charge on any atom is 0.219 e. The molecule has 6 nitrogen and oxygen atoms in total. The first-order valence-electron chi connectivity index (χ1n) is 14.0. The van der Waals surface area contributed by atoms with Crippen LogP contribution in [0.1, 0.15) is 76.0 Å². The number of ether oxygens (including phenoxy) is 2. The van der Waals surface area contributed by atoms with Gasteiger partial charge in [0.15, 0.2) is 11.5 Å². The van der Waals surface area contributed by atoms with E-state index in [-0.39, 0.29) is 5.75 Å². The van der Waals surface area contributed by atoms with Gasteiger partial charge in [0.25, 0.3) is 0 Å². The van der Waals surface area contributed by atoms with Crippen LogP contribution in [0.2, 0.25) is 0 Å². The predicted molar refractivity (Wildman–Crippen MR) is 163 cm³/mol. The van der Waals surface area contributed by atoms with E-state index >= 15 is 0 Å². The molecule has 5 rings (SSSR count). The maximum absolute atomic E-state index is 10.1. The zero-order valence-corrected chi connectivity index (χ0v) is 24.5. The summed E-state index contributed by atoms with van der Waals surface area (Å²) in [4.78, 5) is 9.78. The number of rotatable bonds is 9. The minimum Gasteiger partial charge on any atom is -0.504 e. The van der Waals surface area contributed by atoms with Crippen molar-refractivity contribution >= 4 is 0 Å². The van der Waals surface area contributed by atoms with Gasteiger partial charge in [-0.25, -0.2) is 9.97 Å². The van der Waals surface area contributed by atoms with E-state index in [0.29, 0.717) is 35.0 Å². The smallest absolute Gasteiger partial charge is 0.219 e. The number of imidazole rings is 1. The Bertz CT molecular complexity index is 1630. The van der Waals surface area contributed by atoms with Crippen molar-refractivity contribution in [3.63, 3.8) is 0 Å². The van der Waals surface area contributed by atoms with Crippen LogP contribution in [0.15, 0.2) is 97.3 Å². The Balaban J connectivity index is 1.46.